The third kappa shape index (κ3) is 2.88. The van der Waals surface area contributed by atoms with Crippen molar-refractivity contribution in [2.24, 2.45) is 5.10 Å². The van der Waals surface area contributed by atoms with E-state index >= 15 is 0 Å². The summed E-state index contributed by atoms with van der Waals surface area (Å²) in [5, 5.41) is 6.53. The van der Waals surface area contributed by atoms with E-state index in [1.165, 1.54) is 30.4 Å². The normalized spacial score (nSPS) is 14.9. The molecule has 1 aromatic carbocycles. The topological polar surface area (TPSA) is 53.5 Å². The van der Waals surface area contributed by atoms with Crippen LogP contribution in [0.5, 0.6) is 0 Å². The molecule has 4 heteroatoms. The van der Waals surface area contributed by atoms with Gasteiger partial charge in [-0.05, 0) is 55.4 Å². The molecule has 2 N–H and O–H groups in total. The maximum absolute atomic E-state index is 11.1. The molecule has 0 heterocycles. The Morgan fingerprint density at radius 3 is 2.67 bits per heavy atom. The van der Waals surface area contributed by atoms with Crippen LogP contribution < -0.4 is 10.7 Å². The zero-order valence-electron chi connectivity index (χ0n) is 10.9. The van der Waals surface area contributed by atoms with E-state index in [9.17, 15) is 4.79 Å². The molecule has 0 spiro atoms. The highest BCUT2D eigenvalue weighted by Gasteiger charge is 2.10. The van der Waals surface area contributed by atoms with E-state index in [1.807, 2.05) is 6.92 Å². The van der Waals surface area contributed by atoms with Gasteiger partial charge in [0.15, 0.2) is 0 Å². The fourth-order valence-corrected chi connectivity index (χ4v) is 2.21. The largest absolute Gasteiger partial charge is 0.340 e. The maximum Gasteiger partial charge on any atom is 0.334 e. The van der Waals surface area contributed by atoms with Crippen molar-refractivity contribution in [3.63, 3.8) is 0 Å². The Hall–Kier alpha value is -1.84. The summed E-state index contributed by atoms with van der Waals surface area (Å²) in [6, 6.07) is 6.16. The van der Waals surface area contributed by atoms with Gasteiger partial charge < -0.3 is 5.32 Å². The lowest BCUT2D eigenvalue weighted by Crippen LogP contribution is -2.29. The van der Waals surface area contributed by atoms with Gasteiger partial charge in [-0.25, -0.2) is 10.2 Å². The molecule has 2 amide bonds. The Balaban J connectivity index is 2.15. The third-order valence-corrected chi connectivity index (χ3v) is 3.32. The molecule has 18 heavy (non-hydrogen) atoms. The first-order valence-electron chi connectivity index (χ1n) is 6.35. The molecular weight excluding hydrogens is 226 g/mol. The van der Waals surface area contributed by atoms with Crippen LogP contribution in [0.3, 0.4) is 0 Å². The van der Waals surface area contributed by atoms with Crippen molar-refractivity contribution in [2.75, 3.05) is 7.05 Å². The lowest BCUT2D eigenvalue weighted by Gasteiger charge is -2.16. The lowest BCUT2D eigenvalue weighted by atomic mass is 9.90. The Bertz CT molecular complexity index is 480. The average Bonchev–Trinajstić information content (AvgIpc) is 2.43. The summed E-state index contributed by atoms with van der Waals surface area (Å²) in [6.07, 6.45) is 4.89. The molecule has 0 fully saturated rings. The van der Waals surface area contributed by atoms with Crippen LogP contribution in [0.4, 0.5) is 4.79 Å². The number of hydrogen-bond acceptors (Lipinski definition) is 2. The predicted octanol–water partition coefficient (Wildman–Crippen LogP) is 2.22. The van der Waals surface area contributed by atoms with Gasteiger partial charge in [-0.3, -0.25) is 0 Å². The average molecular weight is 245 g/mol. The van der Waals surface area contributed by atoms with Crippen molar-refractivity contribution < 1.29 is 4.79 Å². The molecule has 0 saturated carbocycles. The molecule has 0 saturated heterocycles. The summed E-state index contributed by atoms with van der Waals surface area (Å²) in [5.41, 5.74) is 7.23. The van der Waals surface area contributed by atoms with Crippen LogP contribution in [0, 0.1) is 0 Å². The Labute approximate surface area is 107 Å². The van der Waals surface area contributed by atoms with Crippen LogP contribution in [0.15, 0.2) is 23.3 Å². The number of hydrazone groups is 1. The Morgan fingerprint density at radius 2 is 1.94 bits per heavy atom. The summed E-state index contributed by atoms with van der Waals surface area (Å²) in [6.45, 7) is 1.90. The van der Waals surface area contributed by atoms with Crippen LogP contribution in [0.25, 0.3) is 0 Å². The molecule has 0 aromatic heterocycles. The minimum atomic E-state index is -0.299. The SMILES string of the molecule is CNC(=O)N/N=C(\C)c1ccc2c(c1)CCCC2. The van der Waals surface area contributed by atoms with Gasteiger partial charge in [0.1, 0.15) is 0 Å². The molecule has 0 aliphatic heterocycles. The van der Waals surface area contributed by atoms with Crippen LogP contribution in [-0.4, -0.2) is 18.8 Å². The molecule has 1 aliphatic carbocycles. The number of amides is 2. The number of hydrogen-bond donors (Lipinski definition) is 2. The number of nitrogens with one attached hydrogen (secondary N) is 2. The van der Waals surface area contributed by atoms with E-state index in [0.717, 1.165) is 17.7 Å². The van der Waals surface area contributed by atoms with Crippen molar-refractivity contribution >= 4 is 11.7 Å². The molecule has 4 nitrogen and oxygen atoms in total. The monoisotopic (exact) mass is 245 g/mol. The van der Waals surface area contributed by atoms with Gasteiger partial charge in [-0.2, -0.15) is 5.10 Å². The van der Waals surface area contributed by atoms with Gasteiger partial charge in [0, 0.05) is 7.05 Å². The first kappa shape index (κ1) is 12.6. The van der Waals surface area contributed by atoms with Crippen LogP contribution in [-0.2, 0) is 12.8 Å². The van der Waals surface area contributed by atoms with E-state index < -0.39 is 0 Å². The summed E-state index contributed by atoms with van der Waals surface area (Å²) in [4.78, 5) is 11.1. The summed E-state index contributed by atoms with van der Waals surface area (Å²) >= 11 is 0. The van der Waals surface area contributed by atoms with Gasteiger partial charge in [-0.15, -0.1) is 0 Å². The van der Waals surface area contributed by atoms with Crippen molar-refractivity contribution in [1.82, 2.24) is 10.7 Å². The first-order chi connectivity index (χ1) is 8.70. The number of carbonyl (C=O) groups is 1. The van der Waals surface area contributed by atoms with Crippen molar-refractivity contribution in [3.05, 3.63) is 34.9 Å². The number of fused-ring (bicyclic) bond motifs is 1. The predicted molar refractivity (Wildman–Crippen MR) is 72.9 cm³/mol. The fourth-order valence-electron chi connectivity index (χ4n) is 2.21. The van der Waals surface area contributed by atoms with Crippen molar-refractivity contribution in [3.8, 4) is 0 Å². The highest BCUT2D eigenvalue weighted by molar-refractivity contribution is 5.99. The second-order valence-corrected chi connectivity index (χ2v) is 4.58. The molecule has 0 atom stereocenters. The lowest BCUT2D eigenvalue weighted by molar-refractivity contribution is 0.243. The quantitative estimate of drug-likeness (QED) is 0.609. The van der Waals surface area contributed by atoms with Crippen LogP contribution in [0.1, 0.15) is 36.5 Å². The van der Waals surface area contributed by atoms with Crippen LogP contribution >= 0.6 is 0 Å². The van der Waals surface area contributed by atoms with Crippen LogP contribution in [0.2, 0.25) is 0 Å². The summed E-state index contributed by atoms with van der Waals surface area (Å²) in [7, 11) is 1.57. The molecule has 0 bridgehead atoms. The molecular formula is C14H19N3O. The van der Waals surface area contributed by atoms with E-state index in [1.54, 1.807) is 7.05 Å². The summed E-state index contributed by atoms with van der Waals surface area (Å²) < 4.78 is 0. The first-order valence-corrected chi connectivity index (χ1v) is 6.35. The second-order valence-electron chi connectivity index (χ2n) is 4.58. The molecule has 96 valence electrons. The minimum absolute atomic E-state index is 0.299. The third-order valence-electron chi connectivity index (χ3n) is 3.32. The number of benzene rings is 1. The zero-order valence-corrected chi connectivity index (χ0v) is 10.9. The van der Waals surface area contributed by atoms with Gasteiger partial charge in [0.25, 0.3) is 0 Å². The highest BCUT2D eigenvalue weighted by atomic mass is 16.2. The Morgan fingerprint density at radius 1 is 1.22 bits per heavy atom. The molecule has 2 rings (SSSR count). The minimum Gasteiger partial charge on any atom is -0.340 e. The smallest absolute Gasteiger partial charge is 0.334 e. The van der Waals surface area contributed by atoms with Gasteiger partial charge in [0.05, 0.1) is 5.71 Å². The van der Waals surface area contributed by atoms with E-state index in [-0.39, 0.29) is 6.03 Å². The van der Waals surface area contributed by atoms with E-state index in [0.29, 0.717) is 0 Å². The van der Waals surface area contributed by atoms with Gasteiger partial charge in [0.2, 0.25) is 0 Å². The van der Waals surface area contributed by atoms with Crippen molar-refractivity contribution in [2.45, 2.75) is 32.6 Å². The molecule has 0 radical (unpaired) electrons. The maximum atomic E-state index is 11.1. The van der Waals surface area contributed by atoms with Gasteiger partial charge in [-0.1, -0.05) is 12.1 Å². The highest BCUT2D eigenvalue weighted by Crippen LogP contribution is 2.22. The van der Waals surface area contributed by atoms with Gasteiger partial charge >= 0.3 is 6.03 Å². The Kier molecular flexibility index (Phi) is 3.97. The van der Waals surface area contributed by atoms with Crippen molar-refractivity contribution in [1.29, 1.82) is 0 Å². The molecule has 0 unspecified atom stereocenters. The second kappa shape index (κ2) is 5.67. The van der Waals surface area contributed by atoms with E-state index in [4.69, 9.17) is 0 Å². The number of carbonyl (C=O) groups excluding carboxylic acids is 1. The number of rotatable bonds is 2. The standard InChI is InChI=1S/C14H19N3O/c1-10(16-17-14(18)15-2)12-8-7-11-5-3-4-6-13(11)9-12/h7-9H,3-6H2,1-2H3,(H2,15,17,18)/b16-10+. The zero-order chi connectivity index (χ0) is 13.0. The fraction of sp³-hybridized carbons (Fsp3) is 0.429. The summed E-state index contributed by atoms with van der Waals surface area (Å²) in [5.74, 6) is 0. The number of urea groups is 1. The molecule has 1 aromatic rings. The van der Waals surface area contributed by atoms with E-state index in [2.05, 4.69) is 34.0 Å². The number of aryl methyl sites for hydroxylation is 2. The molecule has 1 aliphatic rings. The number of nitrogens with zero attached hydrogens (tertiary/aromatic N) is 1.